The Kier molecular flexibility index (Phi) is 4.61. The number of carbonyl (C=O) groups is 1. The summed E-state index contributed by atoms with van der Waals surface area (Å²) >= 11 is 1.11. The molecule has 0 aliphatic rings. The first-order valence-corrected chi connectivity index (χ1v) is 7.09. The highest BCUT2D eigenvalue weighted by atomic mass is 32.2. The molecule has 0 saturated heterocycles. The standard InChI is InChI=1S/C9H14N2O4S2/c1-7-10-6-9(16-7)17(13,14)11(2)5-4-8(12)15-3/h6H,4-5H2,1-3H3. The molecule has 6 nitrogen and oxygen atoms in total. The smallest absolute Gasteiger partial charge is 0.306 e. The van der Waals surface area contributed by atoms with Crippen LogP contribution >= 0.6 is 11.3 Å². The average molecular weight is 278 g/mol. The van der Waals surface area contributed by atoms with E-state index in [-0.39, 0.29) is 17.2 Å². The number of esters is 1. The van der Waals surface area contributed by atoms with Crippen LogP contribution in [0.4, 0.5) is 0 Å². The van der Waals surface area contributed by atoms with Crippen LogP contribution < -0.4 is 0 Å². The van der Waals surface area contributed by atoms with E-state index in [1.807, 2.05) is 0 Å². The highest BCUT2D eigenvalue weighted by Gasteiger charge is 2.23. The van der Waals surface area contributed by atoms with Crippen molar-refractivity contribution in [3.05, 3.63) is 11.2 Å². The topological polar surface area (TPSA) is 76.6 Å². The number of ether oxygens (including phenoxy) is 1. The number of thiazole rings is 1. The van der Waals surface area contributed by atoms with Crippen LogP contribution in [-0.4, -0.2) is 44.4 Å². The lowest BCUT2D eigenvalue weighted by atomic mass is 10.4. The maximum Gasteiger partial charge on any atom is 0.306 e. The largest absolute Gasteiger partial charge is 0.469 e. The number of hydrogen-bond donors (Lipinski definition) is 0. The molecule has 1 rings (SSSR count). The fourth-order valence-corrected chi connectivity index (χ4v) is 3.58. The molecule has 0 atom stereocenters. The maximum atomic E-state index is 12.0. The van der Waals surface area contributed by atoms with Gasteiger partial charge in [0.15, 0.2) is 4.21 Å². The third-order valence-electron chi connectivity index (χ3n) is 2.12. The molecule has 0 N–H and O–H groups in total. The van der Waals surface area contributed by atoms with Crippen LogP contribution in [0.5, 0.6) is 0 Å². The number of aromatic nitrogens is 1. The summed E-state index contributed by atoms with van der Waals surface area (Å²) in [4.78, 5) is 14.8. The molecule has 1 aromatic heterocycles. The Morgan fingerprint density at radius 3 is 2.71 bits per heavy atom. The van der Waals surface area contributed by atoms with Crippen LogP contribution in [-0.2, 0) is 19.6 Å². The van der Waals surface area contributed by atoms with Crippen LogP contribution in [0.25, 0.3) is 0 Å². The van der Waals surface area contributed by atoms with Crippen molar-refractivity contribution in [1.82, 2.24) is 9.29 Å². The summed E-state index contributed by atoms with van der Waals surface area (Å²) in [6, 6.07) is 0. The van der Waals surface area contributed by atoms with Crippen molar-refractivity contribution in [2.75, 3.05) is 20.7 Å². The Morgan fingerprint density at radius 1 is 1.59 bits per heavy atom. The number of hydrogen-bond acceptors (Lipinski definition) is 6. The minimum absolute atomic E-state index is 0.0318. The Balaban J connectivity index is 2.74. The van der Waals surface area contributed by atoms with Gasteiger partial charge in [0.05, 0.1) is 24.7 Å². The van der Waals surface area contributed by atoms with Crippen LogP contribution in [0.2, 0.25) is 0 Å². The third kappa shape index (κ3) is 3.48. The molecule has 0 bridgehead atoms. The normalized spacial score (nSPS) is 11.8. The van der Waals surface area contributed by atoms with Gasteiger partial charge in [-0.05, 0) is 6.92 Å². The summed E-state index contributed by atoms with van der Waals surface area (Å²) in [7, 11) is -0.849. The molecular weight excluding hydrogens is 264 g/mol. The van der Waals surface area contributed by atoms with Crippen LogP contribution in [0.15, 0.2) is 10.4 Å². The molecule has 0 unspecified atom stereocenters. The van der Waals surface area contributed by atoms with Gasteiger partial charge < -0.3 is 4.74 Å². The van der Waals surface area contributed by atoms with Gasteiger partial charge in [0.25, 0.3) is 10.0 Å². The van der Waals surface area contributed by atoms with E-state index in [9.17, 15) is 13.2 Å². The number of sulfonamides is 1. The molecule has 0 radical (unpaired) electrons. The van der Waals surface area contributed by atoms with Gasteiger partial charge >= 0.3 is 5.97 Å². The molecule has 96 valence electrons. The molecule has 0 aliphatic heterocycles. The monoisotopic (exact) mass is 278 g/mol. The van der Waals surface area contributed by atoms with E-state index in [4.69, 9.17) is 0 Å². The van der Waals surface area contributed by atoms with Gasteiger partial charge in [0, 0.05) is 13.6 Å². The number of rotatable bonds is 5. The second kappa shape index (κ2) is 5.56. The van der Waals surface area contributed by atoms with E-state index in [1.54, 1.807) is 6.92 Å². The first kappa shape index (κ1) is 14.1. The van der Waals surface area contributed by atoms with Crippen molar-refractivity contribution in [3.63, 3.8) is 0 Å². The molecule has 17 heavy (non-hydrogen) atoms. The van der Waals surface area contributed by atoms with Gasteiger partial charge in [0.2, 0.25) is 0 Å². The van der Waals surface area contributed by atoms with Gasteiger partial charge in [-0.25, -0.2) is 13.4 Å². The molecule has 0 aliphatic carbocycles. The Hall–Kier alpha value is -0.990. The number of methoxy groups -OCH3 is 1. The van der Waals surface area contributed by atoms with Gasteiger partial charge in [0.1, 0.15) is 0 Å². The van der Waals surface area contributed by atoms with E-state index in [2.05, 4.69) is 9.72 Å². The van der Waals surface area contributed by atoms with E-state index in [0.717, 1.165) is 15.6 Å². The lowest BCUT2D eigenvalue weighted by Gasteiger charge is -2.14. The zero-order valence-electron chi connectivity index (χ0n) is 9.84. The molecule has 0 aromatic carbocycles. The summed E-state index contributed by atoms with van der Waals surface area (Å²) in [5.74, 6) is -0.437. The molecule has 0 fully saturated rings. The molecule has 0 saturated carbocycles. The highest BCUT2D eigenvalue weighted by molar-refractivity contribution is 7.91. The number of aryl methyl sites for hydroxylation is 1. The fraction of sp³-hybridized carbons (Fsp3) is 0.556. The first-order chi connectivity index (χ1) is 7.87. The Bertz CT molecular complexity index is 495. The van der Waals surface area contributed by atoms with E-state index >= 15 is 0 Å². The van der Waals surface area contributed by atoms with E-state index in [0.29, 0.717) is 5.01 Å². The van der Waals surface area contributed by atoms with Crippen LogP contribution in [0.1, 0.15) is 11.4 Å². The number of nitrogens with zero attached hydrogens (tertiary/aromatic N) is 2. The average Bonchev–Trinajstić information content (AvgIpc) is 2.72. The molecule has 1 heterocycles. The summed E-state index contributed by atoms with van der Waals surface area (Å²) in [5, 5.41) is 0.685. The van der Waals surface area contributed by atoms with Crippen LogP contribution in [0.3, 0.4) is 0 Å². The third-order valence-corrected chi connectivity index (χ3v) is 5.33. The lowest BCUT2D eigenvalue weighted by molar-refractivity contribution is -0.140. The Labute approximate surface area is 104 Å². The van der Waals surface area contributed by atoms with Gasteiger partial charge in [-0.15, -0.1) is 11.3 Å². The van der Waals surface area contributed by atoms with Gasteiger partial charge in [-0.2, -0.15) is 4.31 Å². The minimum Gasteiger partial charge on any atom is -0.469 e. The van der Waals surface area contributed by atoms with Crippen molar-refractivity contribution < 1.29 is 17.9 Å². The summed E-state index contributed by atoms with van der Waals surface area (Å²) in [6.07, 6.45) is 1.36. The minimum atomic E-state index is -3.54. The van der Waals surface area contributed by atoms with E-state index < -0.39 is 16.0 Å². The zero-order valence-corrected chi connectivity index (χ0v) is 11.5. The Morgan fingerprint density at radius 2 is 2.24 bits per heavy atom. The first-order valence-electron chi connectivity index (χ1n) is 4.83. The molecular formula is C9H14N2O4S2. The van der Waals surface area contributed by atoms with E-state index in [1.165, 1.54) is 20.4 Å². The number of carbonyl (C=O) groups excluding carboxylic acids is 1. The van der Waals surface area contributed by atoms with Crippen molar-refractivity contribution in [3.8, 4) is 0 Å². The summed E-state index contributed by atoms with van der Waals surface area (Å²) < 4.78 is 29.7. The molecule has 8 heteroatoms. The fourth-order valence-electron chi connectivity index (χ4n) is 1.09. The molecule has 1 aromatic rings. The van der Waals surface area contributed by atoms with Crippen molar-refractivity contribution in [1.29, 1.82) is 0 Å². The van der Waals surface area contributed by atoms with Crippen LogP contribution in [0, 0.1) is 6.92 Å². The zero-order chi connectivity index (χ0) is 13.1. The maximum absolute atomic E-state index is 12.0. The summed E-state index contributed by atoms with van der Waals surface area (Å²) in [5.41, 5.74) is 0. The summed E-state index contributed by atoms with van der Waals surface area (Å²) in [6.45, 7) is 1.82. The molecule has 0 amide bonds. The predicted molar refractivity (Wildman–Crippen MR) is 63.3 cm³/mol. The van der Waals surface area contributed by atoms with Gasteiger partial charge in [-0.3, -0.25) is 4.79 Å². The predicted octanol–water partition coefficient (Wildman–Crippen LogP) is 0.635. The van der Waals surface area contributed by atoms with Gasteiger partial charge in [-0.1, -0.05) is 0 Å². The molecule has 0 spiro atoms. The SMILES string of the molecule is COC(=O)CCN(C)S(=O)(=O)c1cnc(C)s1. The van der Waals surface area contributed by atoms with Crippen molar-refractivity contribution in [2.45, 2.75) is 17.6 Å². The second-order valence-corrected chi connectivity index (χ2v) is 6.86. The second-order valence-electron chi connectivity index (χ2n) is 3.35. The van der Waals surface area contributed by atoms with Crippen molar-refractivity contribution in [2.24, 2.45) is 0 Å². The quantitative estimate of drug-likeness (QED) is 0.739. The lowest BCUT2D eigenvalue weighted by Crippen LogP contribution is -2.28. The highest BCUT2D eigenvalue weighted by Crippen LogP contribution is 2.21. The van der Waals surface area contributed by atoms with Crippen molar-refractivity contribution >= 4 is 27.3 Å².